The smallest absolute Gasteiger partial charge is 0.247 e. The third-order valence-corrected chi connectivity index (χ3v) is 3.43. The van der Waals surface area contributed by atoms with Gasteiger partial charge in [-0.2, -0.15) is 0 Å². The van der Waals surface area contributed by atoms with Crippen molar-refractivity contribution < 1.29 is 23.4 Å². The van der Waals surface area contributed by atoms with E-state index in [0.717, 1.165) is 5.56 Å². The van der Waals surface area contributed by atoms with Crippen molar-refractivity contribution in [3.63, 3.8) is 0 Å². The first kappa shape index (κ1) is 17.1. The summed E-state index contributed by atoms with van der Waals surface area (Å²) >= 11 is 0. The molecule has 0 fully saturated rings. The van der Waals surface area contributed by atoms with E-state index < -0.39 is 6.10 Å². The van der Waals surface area contributed by atoms with E-state index in [0.29, 0.717) is 17.2 Å². The molecule has 0 amide bonds. The molecule has 0 saturated carbocycles. The molecule has 3 rings (SSSR count). The highest BCUT2D eigenvalue weighted by atomic mass is 19.1. The zero-order chi connectivity index (χ0) is 17.5. The van der Waals surface area contributed by atoms with Crippen molar-refractivity contribution in [1.29, 1.82) is 0 Å². The zero-order valence-electron chi connectivity index (χ0n) is 13.3. The van der Waals surface area contributed by atoms with E-state index in [2.05, 4.69) is 10.2 Å². The van der Waals surface area contributed by atoms with Crippen LogP contribution in [0.15, 0.2) is 59.3 Å². The molecule has 0 saturated heterocycles. The van der Waals surface area contributed by atoms with Gasteiger partial charge in [0, 0.05) is 11.1 Å². The Labute approximate surface area is 143 Å². The summed E-state index contributed by atoms with van der Waals surface area (Å²) < 4.78 is 29.4. The van der Waals surface area contributed by atoms with Crippen LogP contribution in [0.2, 0.25) is 0 Å². The molecule has 1 N–H and O–H groups in total. The summed E-state index contributed by atoms with van der Waals surface area (Å²) in [5.41, 5.74) is 1.23. The standard InChI is InChI=1S/C18H17FN2O4/c19-17-4-2-1-3-14(17)9-23-10-15(22)11-24-16-7-5-13(6-8-16)18-21-20-12-25-18/h1-8,12,15,22H,9-11H2. The van der Waals surface area contributed by atoms with Crippen LogP contribution in [0.4, 0.5) is 4.39 Å². The minimum atomic E-state index is -0.817. The minimum absolute atomic E-state index is 0.0500. The van der Waals surface area contributed by atoms with Gasteiger partial charge in [-0.05, 0) is 30.3 Å². The number of aliphatic hydroxyl groups excluding tert-OH is 1. The monoisotopic (exact) mass is 344 g/mol. The van der Waals surface area contributed by atoms with E-state index in [1.165, 1.54) is 12.5 Å². The summed E-state index contributed by atoms with van der Waals surface area (Å²) in [4.78, 5) is 0. The molecular weight excluding hydrogens is 327 g/mol. The van der Waals surface area contributed by atoms with Gasteiger partial charge in [0.25, 0.3) is 0 Å². The molecule has 25 heavy (non-hydrogen) atoms. The van der Waals surface area contributed by atoms with Crippen molar-refractivity contribution in [2.45, 2.75) is 12.7 Å². The van der Waals surface area contributed by atoms with E-state index in [1.807, 2.05) is 0 Å². The van der Waals surface area contributed by atoms with E-state index in [-0.39, 0.29) is 25.6 Å². The molecule has 0 aliphatic rings. The first-order chi connectivity index (χ1) is 12.2. The third-order valence-electron chi connectivity index (χ3n) is 3.43. The maximum atomic E-state index is 13.4. The molecule has 130 valence electrons. The van der Waals surface area contributed by atoms with Crippen LogP contribution in [0.3, 0.4) is 0 Å². The van der Waals surface area contributed by atoms with Gasteiger partial charge in [0.1, 0.15) is 24.3 Å². The molecule has 0 radical (unpaired) electrons. The largest absolute Gasteiger partial charge is 0.491 e. The first-order valence-corrected chi connectivity index (χ1v) is 7.71. The maximum absolute atomic E-state index is 13.4. The molecule has 0 aliphatic carbocycles. The van der Waals surface area contributed by atoms with Crippen LogP contribution in [0.1, 0.15) is 5.56 Å². The lowest BCUT2D eigenvalue weighted by molar-refractivity contribution is 0.00477. The molecule has 1 unspecified atom stereocenters. The summed E-state index contributed by atoms with van der Waals surface area (Å²) in [6.07, 6.45) is 0.444. The van der Waals surface area contributed by atoms with E-state index in [9.17, 15) is 9.50 Å². The summed E-state index contributed by atoms with van der Waals surface area (Å²) in [7, 11) is 0. The Morgan fingerprint density at radius 1 is 1.08 bits per heavy atom. The SMILES string of the molecule is OC(COCc1ccccc1F)COc1ccc(-c2nnco2)cc1. The van der Waals surface area contributed by atoms with Gasteiger partial charge in [0.2, 0.25) is 12.3 Å². The molecule has 1 heterocycles. The molecule has 0 aliphatic heterocycles. The number of hydrogen-bond donors (Lipinski definition) is 1. The quantitative estimate of drug-likeness (QED) is 0.677. The highest BCUT2D eigenvalue weighted by Gasteiger charge is 2.08. The summed E-state index contributed by atoms with van der Waals surface area (Å²) in [5, 5.41) is 17.3. The minimum Gasteiger partial charge on any atom is -0.491 e. The van der Waals surface area contributed by atoms with Gasteiger partial charge in [0.05, 0.1) is 13.2 Å². The van der Waals surface area contributed by atoms with Gasteiger partial charge in [-0.1, -0.05) is 18.2 Å². The van der Waals surface area contributed by atoms with Crippen LogP contribution in [0, 0.1) is 5.82 Å². The van der Waals surface area contributed by atoms with E-state index in [4.69, 9.17) is 13.9 Å². The number of halogens is 1. The van der Waals surface area contributed by atoms with Crippen LogP contribution < -0.4 is 4.74 Å². The lowest BCUT2D eigenvalue weighted by Crippen LogP contribution is -2.23. The second-order valence-corrected chi connectivity index (χ2v) is 5.34. The number of rotatable bonds is 8. The number of hydrogen-bond acceptors (Lipinski definition) is 6. The van der Waals surface area contributed by atoms with Gasteiger partial charge in [-0.15, -0.1) is 10.2 Å². The molecule has 2 aromatic carbocycles. The second kappa shape index (κ2) is 8.36. The van der Waals surface area contributed by atoms with Crippen molar-refractivity contribution in [3.05, 3.63) is 66.3 Å². The average Bonchev–Trinajstić information content (AvgIpc) is 3.17. The Kier molecular flexibility index (Phi) is 5.71. The average molecular weight is 344 g/mol. The molecule has 1 atom stereocenters. The van der Waals surface area contributed by atoms with Crippen molar-refractivity contribution in [2.24, 2.45) is 0 Å². The van der Waals surface area contributed by atoms with Gasteiger partial charge in [-0.25, -0.2) is 4.39 Å². The van der Waals surface area contributed by atoms with Crippen LogP contribution >= 0.6 is 0 Å². The first-order valence-electron chi connectivity index (χ1n) is 7.71. The number of ether oxygens (including phenoxy) is 2. The van der Waals surface area contributed by atoms with Crippen LogP contribution in [0.25, 0.3) is 11.5 Å². The predicted molar refractivity (Wildman–Crippen MR) is 87.3 cm³/mol. The Bertz CT molecular complexity index is 778. The van der Waals surface area contributed by atoms with Gasteiger partial charge in [0.15, 0.2) is 0 Å². The molecule has 0 bridgehead atoms. The summed E-state index contributed by atoms with van der Waals surface area (Å²) in [6.45, 7) is 0.216. The van der Waals surface area contributed by atoms with Crippen molar-refractivity contribution in [3.8, 4) is 17.2 Å². The topological polar surface area (TPSA) is 77.6 Å². The second-order valence-electron chi connectivity index (χ2n) is 5.34. The molecular formula is C18H17FN2O4. The van der Waals surface area contributed by atoms with Crippen LogP contribution in [0.5, 0.6) is 5.75 Å². The highest BCUT2D eigenvalue weighted by molar-refractivity contribution is 5.53. The molecule has 3 aromatic rings. The van der Waals surface area contributed by atoms with Crippen molar-refractivity contribution in [1.82, 2.24) is 10.2 Å². The molecule has 6 nitrogen and oxygen atoms in total. The fourth-order valence-corrected chi connectivity index (χ4v) is 2.15. The number of aliphatic hydroxyl groups is 1. The van der Waals surface area contributed by atoms with Gasteiger partial charge >= 0.3 is 0 Å². The van der Waals surface area contributed by atoms with Gasteiger partial charge < -0.3 is 19.0 Å². The maximum Gasteiger partial charge on any atom is 0.247 e. The fraction of sp³-hybridized carbons (Fsp3) is 0.222. The summed E-state index contributed by atoms with van der Waals surface area (Å²) in [6, 6.07) is 13.4. The lowest BCUT2D eigenvalue weighted by Gasteiger charge is -2.13. The normalized spacial score (nSPS) is 12.1. The Hall–Kier alpha value is -2.77. The Balaban J connectivity index is 1.41. The van der Waals surface area contributed by atoms with Crippen LogP contribution in [-0.2, 0) is 11.3 Å². The summed E-state index contributed by atoms with van der Waals surface area (Å²) in [5.74, 6) is 0.694. The zero-order valence-corrected chi connectivity index (χ0v) is 13.3. The highest BCUT2D eigenvalue weighted by Crippen LogP contribution is 2.20. The Morgan fingerprint density at radius 2 is 1.88 bits per heavy atom. The lowest BCUT2D eigenvalue weighted by atomic mass is 10.2. The number of benzene rings is 2. The van der Waals surface area contributed by atoms with E-state index in [1.54, 1.807) is 42.5 Å². The van der Waals surface area contributed by atoms with Crippen molar-refractivity contribution >= 4 is 0 Å². The molecule has 1 aromatic heterocycles. The molecule has 7 heteroatoms. The number of aromatic nitrogens is 2. The fourth-order valence-electron chi connectivity index (χ4n) is 2.15. The predicted octanol–water partition coefficient (Wildman–Crippen LogP) is 2.83. The molecule has 0 spiro atoms. The van der Waals surface area contributed by atoms with E-state index >= 15 is 0 Å². The number of nitrogens with zero attached hydrogens (tertiary/aromatic N) is 2. The van der Waals surface area contributed by atoms with Crippen molar-refractivity contribution in [2.75, 3.05) is 13.2 Å². The Morgan fingerprint density at radius 3 is 2.60 bits per heavy atom. The van der Waals surface area contributed by atoms with Crippen LogP contribution in [-0.4, -0.2) is 34.6 Å². The third kappa shape index (κ3) is 4.85. The van der Waals surface area contributed by atoms with Gasteiger partial charge in [-0.3, -0.25) is 0 Å².